The summed E-state index contributed by atoms with van der Waals surface area (Å²) >= 11 is 1.71. The summed E-state index contributed by atoms with van der Waals surface area (Å²) in [4.78, 5) is 27.7. The zero-order valence-corrected chi connectivity index (χ0v) is 23.4. The Labute approximate surface area is 232 Å². The van der Waals surface area contributed by atoms with Crippen LogP contribution in [0.15, 0.2) is 60.7 Å². The van der Waals surface area contributed by atoms with Gasteiger partial charge in [0.2, 0.25) is 0 Å². The molecular weight excluding hydrogens is 508 g/mol. The van der Waals surface area contributed by atoms with Crippen molar-refractivity contribution in [3.63, 3.8) is 0 Å². The lowest BCUT2D eigenvalue weighted by Crippen LogP contribution is -2.38. The Morgan fingerprint density at radius 3 is 2.59 bits per heavy atom. The highest BCUT2D eigenvalue weighted by atomic mass is 32.1. The number of nitrogens with one attached hydrogen (secondary N) is 2. The van der Waals surface area contributed by atoms with Gasteiger partial charge < -0.3 is 20.1 Å². The number of carbonyl (C=O) groups excluding carboxylic acids is 2. The van der Waals surface area contributed by atoms with E-state index in [0.29, 0.717) is 23.0 Å². The summed E-state index contributed by atoms with van der Waals surface area (Å²) in [7, 11) is 1.54. The lowest BCUT2D eigenvalue weighted by atomic mass is 9.72. The van der Waals surface area contributed by atoms with Gasteiger partial charge in [-0.2, -0.15) is 0 Å². The zero-order chi connectivity index (χ0) is 27.3. The highest BCUT2D eigenvalue weighted by Crippen LogP contribution is 2.46. The van der Waals surface area contributed by atoms with Crippen LogP contribution in [0.4, 0.5) is 5.00 Å². The number of ether oxygens (including phenoxy) is 2. The van der Waals surface area contributed by atoms with Crippen molar-refractivity contribution < 1.29 is 19.1 Å². The summed E-state index contributed by atoms with van der Waals surface area (Å²) in [5, 5.41) is 9.38. The van der Waals surface area contributed by atoms with Crippen molar-refractivity contribution in [3.8, 4) is 11.5 Å². The van der Waals surface area contributed by atoms with Gasteiger partial charge in [-0.3, -0.25) is 4.79 Å². The monoisotopic (exact) mass is 540 g/mol. The number of hydrogen-bond donors (Lipinski definition) is 2. The van der Waals surface area contributed by atoms with Gasteiger partial charge in [0.1, 0.15) is 11.2 Å². The quantitative estimate of drug-likeness (QED) is 0.213. The first-order chi connectivity index (χ1) is 18.7. The Morgan fingerprint density at radius 2 is 1.79 bits per heavy atom. The van der Waals surface area contributed by atoms with Crippen molar-refractivity contribution in [2.24, 2.45) is 11.3 Å². The maximum absolute atomic E-state index is 13.3. The van der Waals surface area contributed by atoms with Gasteiger partial charge in [-0.1, -0.05) is 63.2 Å². The Morgan fingerprint density at radius 1 is 1.00 bits per heavy atom. The van der Waals surface area contributed by atoms with Crippen LogP contribution in [0.1, 0.15) is 70.1 Å². The highest BCUT2D eigenvalue weighted by molar-refractivity contribution is 7.16. The summed E-state index contributed by atoms with van der Waals surface area (Å²) in [6, 6.07) is 18.6. The fraction of sp³-hybridized carbons (Fsp3) is 0.312. The molecule has 1 aliphatic carbocycles. The molecule has 4 aromatic rings. The number of rotatable bonds is 4. The normalized spacial score (nSPS) is 18.5. The van der Waals surface area contributed by atoms with E-state index in [0.717, 1.165) is 46.2 Å². The Kier molecular flexibility index (Phi) is 6.34. The molecule has 0 saturated heterocycles. The third kappa shape index (κ3) is 4.65. The number of anilines is 1. The number of thiophene rings is 1. The zero-order valence-electron chi connectivity index (χ0n) is 22.6. The number of carbonyl (C=O) groups is 2. The molecule has 0 spiro atoms. The number of amides is 1. The molecule has 0 fully saturated rings. The van der Waals surface area contributed by atoms with Gasteiger partial charge >= 0.3 is 5.97 Å². The first kappa shape index (κ1) is 25.4. The molecule has 0 saturated carbocycles. The molecule has 39 heavy (non-hydrogen) atoms. The van der Waals surface area contributed by atoms with Crippen LogP contribution >= 0.6 is 11.3 Å². The summed E-state index contributed by atoms with van der Waals surface area (Å²) < 4.78 is 11.4. The Balaban J connectivity index is 1.24. The predicted molar refractivity (Wildman–Crippen MR) is 155 cm³/mol. The van der Waals surface area contributed by atoms with E-state index in [1.165, 1.54) is 17.6 Å². The second-order valence-electron chi connectivity index (χ2n) is 11.4. The first-order valence-electron chi connectivity index (χ1n) is 13.3. The van der Waals surface area contributed by atoms with E-state index in [1.54, 1.807) is 29.5 Å². The van der Waals surface area contributed by atoms with E-state index in [2.05, 4.69) is 31.4 Å². The average Bonchev–Trinajstić information content (AvgIpc) is 3.30. The third-order valence-corrected chi connectivity index (χ3v) is 9.19. The minimum atomic E-state index is -0.454. The van der Waals surface area contributed by atoms with Crippen LogP contribution in [0.5, 0.6) is 11.5 Å². The van der Waals surface area contributed by atoms with E-state index in [9.17, 15) is 9.59 Å². The average molecular weight is 541 g/mol. The van der Waals surface area contributed by atoms with E-state index in [1.807, 2.05) is 42.5 Å². The molecule has 2 aliphatic rings. The van der Waals surface area contributed by atoms with Gasteiger partial charge in [-0.15, -0.1) is 11.3 Å². The molecule has 0 unspecified atom stereocenters. The predicted octanol–water partition coefficient (Wildman–Crippen LogP) is 7.13. The molecule has 1 amide bonds. The molecular formula is C32H32N2O4S. The van der Waals surface area contributed by atoms with Crippen LogP contribution in [0.3, 0.4) is 0 Å². The number of fused-ring (bicyclic) bond motifs is 4. The van der Waals surface area contributed by atoms with E-state index >= 15 is 0 Å². The van der Waals surface area contributed by atoms with Gasteiger partial charge in [-0.05, 0) is 70.7 Å². The lowest BCUT2D eigenvalue weighted by Gasteiger charge is -2.34. The van der Waals surface area contributed by atoms with Crippen molar-refractivity contribution in [1.82, 2.24) is 5.32 Å². The van der Waals surface area contributed by atoms with Gasteiger partial charge in [0.15, 0.2) is 11.5 Å². The molecule has 0 radical (unpaired) electrons. The number of methoxy groups -OCH3 is 1. The molecule has 200 valence electrons. The molecule has 2 N–H and O–H groups in total. The van der Waals surface area contributed by atoms with Gasteiger partial charge in [-0.25, -0.2) is 4.79 Å². The SMILES string of the molecule is COc1cc([C@H]2NC(=O)c3c(sc4c3CC[C@H](C(C)(C)C)C4)N2)ccc1OC(=O)c1cccc2ccccc12. The van der Waals surface area contributed by atoms with Crippen LogP contribution in [-0.2, 0) is 12.8 Å². The van der Waals surface area contributed by atoms with E-state index in [-0.39, 0.29) is 11.3 Å². The summed E-state index contributed by atoms with van der Waals surface area (Å²) in [6.07, 6.45) is 2.64. The molecule has 6 nitrogen and oxygen atoms in total. The molecule has 0 bridgehead atoms. The van der Waals surface area contributed by atoms with Crippen LogP contribution in [-0.4, -0.2) is 19.0 Å². The second-order valence-corrected chi connectivity index (χ2v) is 12.5. The molecule has 2 heterocycles. The Hall–Kier alpha value is -3.84. The maximum atomic E-state index is 13.3. The molecule has 2 atom stereocenters. The summed E-state index contributed by atoms with van der Waals surface area (Å²) in [6.45, 7) is 6.90. The number of esters is 1. The maximum Gasteiger partial charge on any atom is 0.344 e. The van der Waals surface area contributed by atoms with Gasteiger partial charge in [0, 0.05) is 4.88 Å². The smallest absolute Gasteiger partial charge is 0.344 e. The summed E-state index contributed by atoms with van der Waals surface area (Å²) in [5.41, 5.74) is 3.55. The molecule has 7 heteroatoms. The van der Waals surface area contributed by atoms with Crippen LogP contribution < -0.4 is 20.1 Å². The first-order valence-corrected chi connectivity index (χ1v) is 14.1. The number of hydrogen-bond acceptors (Lipinski definition) is 6. The summed E-state index contributed by atoms with van der Waals surface area (Å²) in [5.74, 6) is 0.843. The molecule has 3 aromatic carbocycles. The van der Waals surface area contributed by atoms with Crippen molar-refractivity contribution in [2.75, 3.05) is 12.4 Å². The van der Waals surface area contributed by atoms with Gasteiger partial charge in [0.25, 0.3) is 5.91 Å². The third-order valence-electron chi connectivity index (χ3n) is 8.00. The van der Waals surface area contributed by atoms with Crippen LogP contribution in [0, 0.1) is 11.3 Å². The lowest BCUT2D eigenvalue weighted by molar-refractivity contribution is 0.0731. The van der Waals surface area contributed by atoms with E-state index < -0.39 is 12.1 Å². The van der Waals surface area contributed by atoms with Crippen molar-refractivity contribution in [2.45, 2.75) is 46.2 Å². The molecule has 1 aromatic heterocycles. The van der Waals surface area contributed by atoms with Crippen molar-refractivity contribution in [3.05, 3.63) is 87.8 Å². The fourth-order valence-electron chi connectivity index (χ4n) is 5.71. The Bertz CT molecular complexity index is 1590. The minimum absolute atomic E-state index is 0.0501. The van der Waals surface area contributed by atoms with E-state index in [4.69, 9.17) is 9.47 Å². The fourth-order valence-corrected chi connectivity index (χ4v) is 7.06. The number of benzene rings is 3. The van der Waals surface area contributed by atoms with Crippen LogP contribution in [0.25, 0.3) is 10.8 Å². The van der Waals surface area contributed by atoms with Gasteiger partial charge in [0.05, 0.1) is 18.2 Å². The van der Waals surface area contributed by atoms with Crippen LogP contribution in [0.2, 0.25) is 0 Å². The topological polar surface area (TPSA) is 76.7 Å². The standard InChI is InChI=1S/C32H32N2O4S/c1-32(2,3)20-13-14-23-26(17-20)39-30-27(23)29(35)33-28(34-30)19-12-15-24(25(16-19)37-4)38-31(36)22-11-7-9-18-8-5-6-10-21(18)22/h5-12,15-16,20,28,34H,13-14,17H2,1-4H3,(H,33,35)/t20-,28-/m0/s1. The molecule has 1 aliphatic heterocycles. The largest absolute Gasteiger partial charge is 0.493 e. The molecule has 6 rings (SSSR count). The van der Waals surface area contributed by atoms with Crippen molar-refractivity contribution >= 4 is 39.0 Å². The van der Waals surface area contributed by atoms with Crippen molar-refractivity contribution in [1.29, 1.82) is 0 Å². The highest BCUT2D eigenvalue weighted by Gasteiger charge is 2.36. The minimum Gasteiger partial charge on any atom is -0.493 e. The second kappa shape index (κ2) is 9.72.